The number of rotatable bonds is 4. The molecule has 24 heavy (non-hydrogen) atoms. The molecule has 3 rings (SSSR count). The number of nitrogens with zero attached hydrogens (tertiary/aromatic N) is 3. The Morgan fingerprint density at radius 3 is 2.62 bits per heavy atom. The predicted molar refractivity (Wildman–Crippen MR) is 90.4 cm³/mol. The summed E-state index contributed by atoms with van der Waals surface area (Å²) >= 11 is 0. The lowest BCUT2D eigenvalue weighted by molar-refractivity contribution is 0.0442. The second-order valence-electron chi connectivity index (χ2n) is 7.19. The van der Waals surface area contributed by atoms with Gasteiger partial charge in [-0.05, 0) is 44.1 Å². The highest BCUT2D eigenvalue weighted by molar-refractivity contribution is 5.89. The van der Waals surface area contributed by atoms with Crippen LogP contribution in [0.1, 0.15) is 44.2 Å². The number of aliphatic imine (C=N–C) groups is 1. The third-order valence-electron chi connectivity index (χ3n) is 5.28. The van der Waals surface area contributed by atoms with Gasteiger partial charge in [0.05, 0.1) is 11.2 Å². The van der Waals surface area contributed by atoms with Gasteiger partial charge in [-0.15, -0.1) is 0 Å². The highest BCUT2D eigenvalue weighted by atomic mass is 19.3. The predicted octanol–water partition coefficient (Wildman–Crippen LogP) is 2.68. The van der Waals surface area contributed by atoms with E-state index in [4.69, 9.17) is 11.5 Å². The zero-order chi connectivity index (χ0) is 17.3. The van der Waals surface area contributed by atoms with Crippen LogP contribution >= 0.6 is 0 Å². The van der Waals surface area contributed by atoms with Gasteiger partial charge in [-0.25, -0.2) is 13.8 Å². The fourth-order valence-corrected chi connectivity index (χ4v) is 3.96. The van der Waals surface area contributed by atoms with E-state index in [2.05, 4.69) is 10.1 Å². The van der Waals surface area contributed by atoms with Crippen LogP contribution in [-0.4, -0.2) is 27.6 Å². The van der Waals surface area contributed by atoms with Crippen molar-refractivity contribution < 1.29 is 8.78 Å². The molecule has 132 valence electrons. The van der Waals surface area contributed by atoms with Crippen LogP contribution in [0.15, 0.2) is 23.5 Å². The van der Waals surface area contributed by atoms with Gasteiger partial charge in [-0.3, -0.25) is 4.68 Å². The first-order chi connectivity index (χ1) is 11.4. The van der Waals surface area contributed by atoms with Crippen molar-refractivity contribution >= 4 is 11.4 Å². The maximum absolute atomic E-state index is 12.8. The lowest BCUT2D eigenvalue weighted by Crippen LogP contribution is -2.48. The van der Waals surface area contributed by atoms with Crippen LogP contribution in [0.5, 0.6) is 0 Å². The van der Waals surface area contributed by atoms with Gasteiger partial charge in [-0.2, -0.15) is 5.10 Å². The number of hydrogen-bond acceptors (Lipinski definition) is 4. The molecule has 1 atom stereocenters. The zero-order valence-electron chi connectivity index (χ0n) is 14.0. The number of halogens is 2. The number of hydrogen-bond donors (Lipinski definition) is 2. The van der Waals surface area contributed by atoms with Crippen LogP contribution in [0.2, 0.25) is 0 Å². The van der Waals surface area contributed by atoms with Crippen molar-refractivity contribution in [2.75, 3.05) is 0 Å². The quantitative estimate of drug-likeness (QED) is 0.886. The molecule has 1 aromatic heterocycles. The molecule has 1 aliphatic heterocycles. The summed E-state index contributed by atoms with van der Waals surface area (Å²) in [5, 5.41) is 4.44. The first-order valence-electron chi connectivity index (χ1n) is 8.47. The van der Waals surface area contributed by atoms with Crippen LogP contribution in [0.4, 0.5) is 8.78 Å². The van der Waals surface area contributed by atoms with Crippen LogP contribution in [-0.2, 0) is 7.05 Å². The summed E-state index contributed by atoms with van der Waals surface area (Å²) in [6.45, 7) is 0. The topological polar surface area (TPSA) is 82.2 Å². The van der Waals surface area contributed by atoms with Gasteiger partial charge in [0.2, 0.25) is 6.43 Å². The summed E-state index contributed by atoms with van der Waals surface area (Å²) in [6.07, 6.45) is 5.30. The van der Waals surface area contributed by atoms with Gasteiger partial charge in [0.15, 0.2) is 0 Å². The van der Waals surface area contributed by atoms with Crippen molar-refractivity contribution in [2.24, 2.45) is 35.3 Å². The third kappa shape index (κ3) is 3.50. The number of amidine groups is 1. The number of nitrogens with two attached hydrogens (primary N) is 2. The molecule has 2 heterocycles. The highest BCUT2D eigenvalue weighted by Crippen LogP contribution is 2.41. The molecule has 0 saturated heterocycles. The Morgan fingerprint density at radius 2 is 2.04 bits per heavy atom. The number of aromatic nitrogens is 2. The minimum Gasteiger partial charge on any atom is -0.387 e. The molecule has 5 nitrogen and oxygen atoms in total. The molecule has 0 aromatic carbocycles. The van der Waals surface area contributed by atoms with Crippen molar-refractivity contribution in [3.8, 4) is 0 Å². The lowest BCUT2D eigenvalue weighted by atomic mass is 9.71. The first-order valence-corrected chi connectivity index (χ1v) is 8.47. The molecule has 4 N–H and O–H groups in total. The maximum atomic E-state index is 12.8. The molecule has 7 heteroatoms. The average molecular weight is 337 g/mol. The van der Waals surface area contributed by atoms with Crippen molar-refractivity contribution in [3.05, 3.63) is 24.2 Å². The highest BCUT2D eigenvalue weighted by Gasteiger charge is 2.39. The van der Waals surface area contributed by atoms with Crippen molar-refractivity contribution in [1.82, 2.24) is 9.78 Å². The molecule has 1 unspecified atom stereocenters. The van der Waals surface area contributed by atoms with Gasteiger partial charge >= 0.3 is 0 Å². The third-order valence-corrected chi connectivity index (χ3v) is 5.28. The lowest BCUT2D eigenvalue weighted by Gasteiger charge is -2.38. The number of aryl methyl sites for hydroxylation is 1. The first kappa shape index (κ1) is 17.1. The molecule has 1 saturated carbocycles. The average Bonchev–Trinajstić information content (AvgIpc) is 2.93. The molecule has 2 aliphatic rings. The van der Waals surface area contributed by atoms with E-state index in [0.29, 0.717) is 31.0 Å². The Morgan fingerprint density at radius 1 is 1.33 bits per heavy atom. The normalized spacial score (nSPS) is 31.0. The molecule has 1 fully saturated rings. The van der Waals surface area contributed by atoms with E-state index < -0.39 is 17.9 Å². The van der Waals surface area contributed by atoms with E-state index in [-0.39, 0.29) is 0 Å². The SMILES string of the molecule is Cn1ccc(C2=CN=C(N)CC2(N)CC2CCC(C(F)F)CC2)n1. The van der Waals surface area contributed by atoms with E-state index >= 15 is 0 Å². The monoisotopic (exact) mass is 337 g/mol. The molecule has 1 aliphatic carbocycles. The van der Waals surface area contributed by atoms with E-state index in [9.17, 15) is 8.78 Å². The molecular formula is C17H25F2N5. The summed E-state index contributed by atoms with van der Waals surface area (Å²) in [5.74, 6) is 0.389. The minimum atomic E-state index is -2.21. The standard InChI is InChI=1S/C17H25F2N5/c1-24-7-6-14(23-24)13-10-22-15(20)9-17(13,21)8-11-2-4-12(5-3-11)16(18)19/h6-7,10-12,16H,2-5,8-9,21H2,1H3,(H2,20,22). The second-order valence-corrected chi connectivity index (χ2v) is 7.19. The summed E-state index contributed by atoms with van der Waals surface area (Å²) in [7, 11) is 1.86. The minimum absolute atomic E-state index is 0.336. The fraction of sp³-hybridized carbons (Fsp3) is 0.647. The largest absolute Gasteiger partial charge is 0.387 e. The Hall–Kier alpha value is -1.76. The molecular weight excluding hydrogens is 312 g/mol. The van der Waals surface area contributed by atoms with E-state index in [0.717, 1.165) is 30.5 Å². The smallest absolute Gasteiger partial charge is 0.241 e. The van der Waals surface area contributed by atoms with Gasteiger partial charge in [-0.1, -0.05) is 0 Å². The second kappa shape index (κ2) is 6.63. The number of alkyl halides is 2. The maximum Gasteiger partial charge on any atom is 0.241 e. The molecule has 0 radical (unpaired) electrons. The molecule has 0 spiro atoms. The fourth-order valence-electron chi connectivity index (χ4n) is 3.96. The Labute approximate surface area is 140 Å². The molecule has 0 bridgehead atoms. The summed E-state index contributed by atoms with van der Waals surface area (Å²) in [5.41, 5.74) is 13.7. The van der Waals surface area contributed by atoms with Gasteiger partial charge < -0.3 is 11.5 Å². The Bertz CT molecular complexity index is 643. The van der Waals surface area contributed by atoms with E-state index in [1.54, 1.807) is 10.9 Å². The van der Waals surface area contributed by atoms with Gasteiger partial charge in [0.25, 0.3) is 0 Å². The van der Waals surface area contributed by atoms with E-state index in [1.807, 2.05) is 19.3 Å². The Kier molecular flexibility index (Phi) is 4.71. The van der Waals surface area contributed by atoms with Crippen molar-refractivity contribution in [2.45, 2.75) is 50.5 Å². The van der Waals surface area contributed by atoms with Crippen LogP contribution in [0.3, 0.4) is 0 Å². The van der Waals surface area contributed by atoms with Crippen molar-refractivity contribution in [1.29, 1.82) is 0 Å². The van der Waals surface area contributed by atoms with Gasteiger partial charge in [0, 0.05) is 37.4 Å². The zero-order valence-corrected chi connectivity index (χ0v) is 14.0. The van der Waals surface area contributed by atoms with Crippen LogP contribution < -0.4 is 11.5 Å². The summed E-state index contributed by atoms with van der Waals surface area (Å²) in [6, 6.07) is 1.91. The van der Waals surface area contributed by atoms with Crippen molar-refractivity contribution in [3.63, 3.8) is 0 Å². The van der Waals surface area contributed by atoms with Crippen LogP contribution in [0.25, 0.3) is 5.57 Å². The van der Waals surface area contributed by atoms with Gasteiger partial charge in [0.1, 0.15) is 5.84 Å². The summed E-state index contributed by atoms with van der Waals surface area (Å²) in [4.78, 5) is 4.22. The van der Waals surface area contributed by atoms with E-state index in [1.165, 1.54) is 0 Å². The molecule has 0 amide bonds. The Balaban J connectivity index is 1.75. The van der Waals surface area contributed by atoms with Crippen LogP contribution in [0, 0.1) is 11.8 Å². The summed E-state index contributed by atoms with van der Waals surface area (Å²) < 4.78 is 27.4. The molecule has 1 aromatic rings.